The monoisotopic (exact) mass is 376 g/mol. The molecule has 0 saturated heterocycles. The summed E-state index contributed by atoms with van der Waals surface area (Å²) in [5, 5.41) is 10.4. The summed E-state index contributed by atoms with van der Waals surface area (Å²) < 4.78 is 40.2. The smallest absolute Gasteiger partial charge is 0.343 e. The first-order valence-corrected chi connectivity index (χ1v) is 8.39. The molecule has 3 heterocycles. The first-order chi connectivity index (χ1) is 12.9. The Balaban J connectivity index is 1.45. The van der Waals surface area contributed by atoms with Crippen molar-refractivity contribution < 1.29 is 18.0 Å². The minimum atomic E-state index is -4.24. The Kier molecular flexibility index (Phi) is 4.25. The van der Waals surface area contributed by atoms with Crippen molar-refractivity contribution in [2.24, 2.45) is 5.92 Å². The Labute approximate surface area is 151 Å². The van der Waals surface area contributed by atoms with Crippen molar-refractivity contribution in [3.8, 4) is 0 Å². The molecule has 0 radical (unpaired) electrons. The van der Waals surface area contributed by atoms with E-state index in [1.807, 2.05) is 6.07 Å². The van der Waals surface area contributed by atoms with Gasteiger partial charge in [0.25, 0.3) is 5.91 Å². The second kappa shape index (κ2) is 6.60. The van der Waals surface area contributed by atoms with Gasteiger partial charge in [0, 0.05) is 13.0 Å². The highest BCUT2D eigenvalue weighted by Gasteiger charge is 2.42. The zero-order valence-corrected chi connectivity index (χ0v) is 14.1. The van der Waals surface area contributed by atoms with Gasteiger partial charge in [-0.1, -0.05) is 12.1 Å². The molecule has 2 aromatic heterocycles. The molecule has 27 heavy (non-hydrogen) atoms. The number of nitrogens with one attached hydrogen (secondary N) is 1. The summed E-state index contributed by atoms with van der Waals surface area (Å²) in [7, 11) is 0. The van der Waals surface area contributed by atoms with Crippen molar-refractivity contribution in [2.75, 3.05) is 0 Å². The molecule has 1 N–H and O–H groups in total. The molecule has 1 aliphatic rings. The highest BCUT2D eigenvalue weighted by atomic mass is 19.4. The highest BCUT2D eigenvalue weighted by molar-refractivity contribution is 5.93. The van der Waals surface area contributed by atoms with Crippen LogP contribution in [0.15, 0.2) is 30.5 Å². The average molecular weight is 376 g/mol. The maximum absolute atomic E-state index is 12.9. The van der Waals surface area contributed by atoms with Crippen LogP contribution in [0.25, 0.3) is 11.0 Å². The standard InChI is InChI=1S/C17H15F3N6O/c18-17(19,20)10-5-6-26-14(7-10)24-25-15(26)9-22-16(27)13-8-21-11-3-1-2-4-12(11)23-13/h1-4,8,10H,5-7,9H2,(H,22,27)/t10-/m1/s1. The van der Waals surface area contributed by atoms with Crippen LogP contribution in [0.1, 0.15) is 28.6 Å². The number of aromatic nitrogens is 5. The molecule has 0 bridgehead atoms. The summed E-state index contributed by atoms with van der Waals surface area (Å²) in [6.07, 6.45) is -3.07. The minimum absolute atomic E-state index is 0.0222. The van der Waals surface area contributed by atoms with Crippen LogP contribution in [-0.2, 0) is 19.5 Å². The van der Waals surface area contributed by atoms with E-state index in [1.165, 1.54) is 6.20 Å². The normalized spacial score (nSPS) is 16.9. The summed E-state index contributed by atoms with van der Waals surface area (Å²) in [5.41, 5.74) is 1.44. The summed E-state index contributed by atoms with van der Waals surface area (Å²) in [5.74, 6) is -1.12. The van der Waals surface area contributed by atoms with E-state index < -0.39 is 18.0 Å². The molecular formula is C17H15F3N6O. The lowest BCUT2D eigenvalue weighted by Crippen LogP contribution is -2.32. The molecule has 0 fully saturated rings. The Morgan fingerprint density at radius 3 is 2.78 bits per heavy atom. The van der Waals surface area contributed by atoms with Gasteiger partial charge in [0.2, 0.25) is 0 Å². The molecule has 140 valence electrons. The number of para-hydroxylation sites is 2. The fourth-order valence-corrected chi connectivity index (χ4v) is 3.12. The van der Waals surface area contributed by atoms with Gasteiger partial charge >= 0.3 is 6.18 Å². The zero-order chi connectivity index (χ0) is 19.0. The van der Waals surface area contributed by atoms with Gasteiger partial charge in [0.15, 0.2) is 5.82 Å². The van der Waals surface area contributed by atoms with E-state index >= 15 is 0 Å². The zero-order valence-electron chi connectivity index (χ0n) is 14.1. The number of amides is 1. The molecule has 0 spiro atoms. The van der Waals surface area contributed by atoms with E-state index in [0.717, 1.165) is 0 Å². The van der Waals surface area contributed by atoms with E-state index in [0.29, 0.717) is 22.7 Å². The molecule has 1 atom stereocenters. The summed E-state index contributed by atoms with van der Waals surface area (Å²) in [6, 6.07) is 7.18. The molecule has 1 aliphatic heterocycles. The highest BCUT2D eigenvalue weighted by Crippen LogP contribution is 2.34. The van der Waals surface area contributed by atoms with Crippen LogP contribution in [-0.4, -0.2) is 36.8 Å². The van der Waals surface area contributed by atoms with Crippen LogP contribution in [0.2, 0.25) is 0 Å². The molecule has 0 saturated carbocycles. The Hall–Kier alpha value is -3.04. The predicted molar refractivity (Wildman–Crippen MR) is 88.6 cm³/mol. The lowest BCUT2D eigenvalue weighted by molar-refractivity contribution is -0.179. The van der Waals surface area contributed by atoms with E-state index in [9.17, 15) is 18.0 Å². The number of fused-ring (bicyclic) bond motifs is 2. The topological polar surface area (TPSA) is 85.6 Å². The first-order valence-electron chi connectivity index (χ1n) is 8.39. The number of carbonyl (C=O) groups excluding carboxylic acids is 1. The molecule has 1 aromatic carbocycles. The number of halogens is 3. The third kappa shape index (κ3) is 3.46. The molecule has 7 nitrogen and oxygen atoms in total. The van der Waals surface area contributed by atoms with Gasteiger partial charge in [-0.3, -0.25) is 9.78 Å². The molecule has 4 rings (SSSR count). The Morgan fingerprint density at radius 2 is 2.00 bits per heavy atom. The van der Waals surface area contributed by atoms with Crippen LogP contribution in [0, 0.1) is 5.92 Å². The van der Waals surface area contributed by atoms with Crippen molar-refractivity contribution in [3.05, 3.63) is 47.8 Å². The van der Waals surface area contributed by atoms with Gasteiger partial charge in [-0.25, -0.2) is 4.98 Å². The molecule has 1 amide bonds. The number of hydrogen-bond acceptors (Lipinski definition) is 5. The van der Waals surface area contributed by atoms with Gasteiger partial charge in [-0.05, 0) is 18.6 Å². The van der Waals surface area contributed by atoms with E-state index in [-0.39, 0.29) is 31.6 Å². The summed E-state index contributed by atoms with van der Waals surface area (Å²) >= 11 is 0. The molecule has 0 unspecified atom stereocenters. The van der Waals surface area contributed by atoms with Crippen molar-refractivity contribution in [1.29, 1.82) is 0 Å². The number of alkyl halides is 3. The van der Waals surface area contributed by atoms with Crippen LogP contribution in [0.4, 0.5) is 13.2 Å². The van der Waals surface area contributed by atoms with Crippen LogP contribution in [0.3, 0.4) is 0 Å². The van der Waals surface area contributed by atoms with Gasteiger partial charge < -0.3 is 9.88 Å². The number of rotatable bonds is 3. The van der Waals surface area contributed by atoms with Gasteiger partial charge in [0.1, 0.15) is 11.5 Å². The summed E-state index contributed by atoms with van der Waals surface area (Å²) in [6.45, 7) is 0.227. The lowest BCUT2D eigenvalue weighted by Gasteiger charge is -2.25. The number of carbonyl (C=O) groups is 1. The van der Waals surface area contributed by atoms with Gasteiger partial charge in [-0.15, -0.1) is 10.2 Å². The second-order valence-corrected chi connectivity index (χ2v) is 6.34. The predicted octanol–water partition coefficient (Wildman–Crippen LogP) is 2.28. The van der Waals surface area contributed by atoms with Crippen molar-refractivity contribution in [2.45, 2.75) is 32.1 Å². The third-order valence-corrected chi connectivity index (χ3v) is 4.59. The molecule has 10 heteroatoms. The van der Waals surface area contributed by atoms with Crippen molar-refractivity contribution in [1.82, 2.24) is 30.0 Å². The first kappa shape index (κ1) is 17.4. The number of hydrogen-bond donors (Lipinski definition) is 1. The SMILES string of the molecule is O=C(NCc1nnc2n1CC[C@@H](C(F)(F)F)C2)c1cnc2ccccc2n1. The van der Waals surface area contributed by atoms with Crippen molar-refractivity contribution >= 4 is 16.9 Å². The number of benzene rings is 1. The average Bonchev–Trinajstić information content (AvgIpc) is 3.07. The second-order valence-electron chi connectivity index (χ2n) is 6.34. The maximum Gasteiger partial charge on any atom is 0.392 e. The van der Waals surface area contributed by atoms with E-state index in [1.54, 1.807) is 22.8 Å². The van der Waals surface area contributed by atoms with E-state index in [2.05, 4.69) is 25.5 Å². The van der Waals surface area contributed by atoms with Crippen LogP contribution < -0.4 is 5.32 Å². The quantitative estimate of drug-likeness (QED) is 0.758. The van der Waals surface area contributed by atoms with Crippen LogP contribution >= 0.6 is 0 Å². The number of nitrogens with zero attached hydrogens (tertiary/aromatic N) is 5. The fraction of sp³-hybridized carbons (Fsp3) is 0.353. The van der Waals surface area contributed by atoms with Crippen LogP contribution in [0.5, 0.6) is 0 Å². The molecular weight excluding hydrogens is 361 g/mol. The van der Waals surface area contributed by atoms with E-state index in [4.69, 9.17) is 0 Å². The Bertz CT molecular complexity index is 1000. The maximum atomic E-state index is 12.9. The fourth-order valence-electron chi connectivity index (χ4n) is 3.12. The summed E-state index contributed by atoms with van der Waals surface area (Å²) in [4.78, 5) is 20.8. The third-order valence-electron chi connectivity index (χ3n) is 4.59. The Morgan fingerprint density at radius 1 is 1.22 bits per heavy atom. The van der Waals surface area contributed by atoms with Gasteiger partial charge in [0.05, 0.1) is 29.7 Å². The van der Waals surface area contributed by atoms with Gasteiger partial charge in [-0.2, -0.15) is 13.2 Å². The minimum Gasteiger partial charge on any atom is -0.343 e. The van der Waals surface area contributed by atoms with Crippen molar-refractivity contribution in [3.63, 3.8) is 0 Å². The largest absolute Gasteiger partial charge is 0.392 e. The molecule has 0 aliphatic carbocycles. The molecule has 3 aromatic rings. The lowest BCUT2D eigenvalue weighted by atomic mass is 9.97.